The van der Waals surface area contributed by atoms with Crippen LogP contribution in [0.15, 0.2) is 0 Å². The Morgan fingerprint density at radius 3 is 2.44 bits per heavy atom. The van der Waals surface area contributed by atoms with Gasteiger partial charge in [-0.05, 0) is 25.7 Å². The number of esters is 1. The number of carbonyl (C=O) groups is 1. The van der Waals surface area contributed by atoms with Crippen molar-refractivity contribution in [3.05, 3.63) is 0 Å². The topological polar surface area (TPSA) is 81.7 Å². The fraction of sp³-hybridized carbons (Fsp3) is 0.909. The first-order chi connectivity index (χ1) is 8.43. The van der Waals surface area contributed by atoms with E-state index in [0.717, 1.165) is 19.3 Å². The van der Waals surface area contributed by atoms with Crippen molar-refractivity contribution in [2.75, 3.05) is 26.5 Å². The molecule has 1 rings (SSSR count). The van der Waals surface area contributed by atoms with Gasteiger partial charge in [0.2, 0.25) is 10.0 Å². The summed E-state index contributed by atoms with van der Waals surface area (Å²) in [5.41, 5.74) is -0.324. The molecule has 18 heavy (non-hydrogen) atoms. The molecule has 0 atom stereocenters. The number of hydrogen-bond acceptors (Lipinski definition) is 5. The van der Waals surface area contributed by atoms with E-state index in [4.69, 9.17) is 4.74 Å². The predicted octanol–water partition coefficient (Wildman–Crippen LogP) is 0.428. The molecule has 0 radical (unpaired) electrons. The molecule has 0 heterocycles. The first-order valence-corrected chi connectivity index (χ1v) is 7.68. The van der Waals surface area contributed by atoms with Crippen LogP contribution in [0, 0.1) is 0 Å². The van der Waals surface area contributed by atoms with Gasteiger partial charge >= 0.3 is 5.97 Å². The van der Waals surface area contributed by atoms with Crippen LogP contribution < -0.4 is 4.72 Å². The molecule has 0 unspecified atom stereocenters. The summed E-state index contributed by atoms with van der Waals surface area (Å²) in [6.07, 6.45) is 3.22. The summed E-state index contributed by atoms with van der Waals surface area (Å²) >= 11 is 0. The predicted molar refractivity (Wildman–Crippen MR) is 66.6 cm³/mol. The number of methoxy groups -OCH3 is 2. The smallest absolute Gasteiger partial charge is 0.305 e. The first kappa shape index (κ1) is 15.4. The number of sulfonamides is 1. The molecule has 1 saturated carbocycles. The lowest BCUT2D eigenvalue weighted by Crippen LogP contribution is -2.49. The molecule has 0 amide bonds. The Morgan fingerprint density at radius 2 is 2.00 bits per heavy atom. The summed E-state index contributed by atoms with van der Waals surface area (Å²) in [6, 6.07) is 0. The van der Waals surface area contributed by atoms with Crippen LogP contribution >= 0.6 is 0 Å². The molecule has 0 spiro atoms. The second-order valence-corrected chi connectivity index (χ2v) is 6.49. The van der Waals surface area contributed by atoms with Crippen LogP contribution in [0.3, 0.4) is 0 Å². The lowest BCUT2D eigenvalue weighted by molar-refractivity contribution is -0.140. The van der Waals surface area contributed by atoms with Crippen molar-refractivity contribution in [2.24, 2.45) is 0 Å². The Balaban J connectivity index is 2.29. The summed E-state index contributed by atoms with van der Waals surface area (Å²) < 4.78 is 35.7. The van der Waals surface area contributed by atoms with E-state index in [1.54, 1.807) is 7.11 Å². The van der Waals surface area contributed by atoms with Gasteiger partial charge in [-0.1, -0.05) is 0 Å². The highest BCUT2D eigenvalue weighted by Crippen LogP contribution is 2.34. The van der Waals surface area contributed by atoms with E-state index >= 15 is 0 Å². The van der Waals surface area contributed by atoms with Gasteiger partial charge in [-0.15, -0.1) is 0 Å². The van der Waals surface area contributed by atoms with Crippen molar-refractivity contribution in [2.45, 2.75) is 37.7 Å². The van der Waals surface area contributed by atoms with E-state index in [0.29, 0.717) is 6.54 Å². The van der Waals surface area contributed by atoms with E-state index in [-0.39, 0.29) is 24.2 Å². The Bertz CT molecular complexity index is 369. The molecule has 0 bridgehead atoms. The van der Waals surface area contributed by atoms with Crippen molar-refractivity contribution in [3.8, 4) is 0 Å². The fourth-order valence-electron chi connectivity index (χ4n) is 1.85. The fourth-order valence-corrected chi connectivity index (χ4v) is 3.00. The van der Waals surface area contributed by atoms with Gasteiger partial charge in [0.25, 0.3) is 0 Å². The minimum atomic E-state index is -3.34. The summed E-state index contributed by atoms with van der Waals surface area (Å²) in [7, 11) is -0.455. The Hall–Kier alpha value is -0.660. The Kier molecular flexibility index (Phi) is 5.55. The van der Waals surface area contributed by atoms with E-state index in [2.05, 4.69) is 9.46 Å². The molecule has 7 heteroatoms. The van der Waals surface area contributed by atoms with Crippen LogP contribution in [0.1, 0.15) is 32.1 Å². The molecule has 0 aromatic carbocycles. The van der Waals surface area contributed by atoms with Gasteiger partial charge in [0.05, 0.1) is 18.5 Å². The van der Waals surface area contributed by atoms with E-state index in [1.807, 2.05) is 0 Å². The second-order valence-electron chi connectivity index (χ2n) is 4.56. The van der Waals surface area contributed by atoms with Crippen LogP contribution in [0.4, 0.5) is 0 Å². The van der Waals surface area contributed by atoms with Crippen molar-refractivity contribution in [3.63, 3.8) is 0 Å². The second kappa shape index (κ2) is 6.49. The molecule has 0 saturated heterocycles. The standard InChI is InChI=1S/C11H21NO5S/c1-16-10(13)5-3-8-18(14,15)12-9-11(17-2)6-4-7-11/h12H,3-9H2,1-2H3. The first-order valence-electron chi connectivity index (χ1n) is 6.02. The highest BCUT2D eigenvalue weighted by molar-refractivity contribution is 7.89. The molecule has 1 aliphatic carbocycles. The Morgan fingerprint density at radius 1 is 1.33 bits per heavy atom. The molecule has 1 aliphatic rings. The number of nitrogens with one attached hydrogen (secondary N) is 1. The molecule has 0 aromatic rings. The zero-order valence-corrected chi connectivity index (χ0v) is 11.7. The molecule has 1 fully saturated rings. The largest absolute Gasteiger partial charge is 0.469 e. The van der Waals surface area contributed by atoms with Gasteiger partial charge in [-0.3, -0.25) is 4.79 Å². The average Bonchev–Trinajstić information content (AvgIpc) is 2.27. The SMILES string of the molecule is COC(=O)CCCS(=O)(=O)NCC1(OC)CCC1. The van der Waals surface area contributed by atoms with Crippen LogP contribution in [0.2, 0.25) is 0 Å². The highest BCUT2D eigenvalue weighted by Gasteiger charge is 2.37. The van der Waals surface area contributed by atoms with Crippen LogP contribution in [-0.4, -0.2) is 46.5 Å². The lowest BCUT2D eigenvalue weighted by atomic mass is 9.80. The van der Waals surface area contributed by atoms with Gasteiger partial charge in [0.15, 0.2) is 0 Å². The van der Waals surface area contributed by atoms with Crippen molar-refractivity contribution < 1.29 is 22.7 Å². The van der Waals surface area contributed by atoms with Crippen LogP contribution in [-0.2, 0) is 24.3 Å². The zero-order valence-electron chi connectivity index (χ0n) is 10.9. The molecule has 6 nitrogen and oxygen atoms in total. The van der Waals surface area contributed by atoms with Crippen LogP contribution in [0.25, 0.3) is 0 Å². The highest BCUT2D eigenvalue weighted by atomic mass is 32.2. The molecule has 0 aliphatic heterocycles. The number of carbonyl (C=O) groups excluding carboxylic acids is 1. The van der Waals surface area contributed by atoms with Gasteiger partial charge in [0.1, 0.15) is 0 Å². The van der Waals surface area contributed by atoms with E-state index in [1.165, 1.54) is 7.11 Å². The monoisotopic (exact) mass is 279 g/mol. The van der Waals surface area contributed by atoms with Gasteiger partial charge in [-0.2, -0.15) is 0 Å². The van der Waals surface area contributed by atoms with Crippen molar-refractivity contribution in [1.29, 1.82) is 0 Å². The third kappa shape index (κ3) is 4.55. The Labute approximate surface area is 108 Å². The van der Waals surface area contributed by atoms with E-state index in [9.17, 15) is 13.2 Å². The molecular weight excluding hydrogens is 258 g/mol. The average molecular weight is 279 g/mol. The maximum Gasteiger partial charge on any atom is 0.305 e. The minimum Gasteiger partial charge on any atom is -0.469 e. The number of rotatable bonds is 8. The lowest BCUT2D eigenvalue weighted by Gasteiger charge is -2.40. The number of ether oxygens (including phenoxy) is 2. The molecule has 0 aromatic heterocycles. The third-order valence-electron chi connectivity index (χ3n) is 3.33. The molecular formula is C11H21NO5S. The van der Waals surface area contributed by atoms with Crippen LogP contribution in [0.5, 0.6) is 0 Å². The zero-order chi connectivity index (χ0) is 13.6. The number of hydrogen-bond donors (Lipinski definition) is 1. The van der Waals surface area contributed by atoms with Crippen molar-refractivity contribution in [1.82, 2.24) is 4.72 Å². The maximum absolute atomic E-state index is 11.7. The summed E-state index contributed by atoms with van der Waals surface area (Å²) in [5.74, 6) is -0.459. The summed E-state index contributed by atoms with van der Waals surface area (Å²) in [5, 5.41) is 0. The quantitative estimate of drug-likeness (QED) is 0.652. The summed E-state index contributed by atoms with van der Waals surface area (Å²) in [6.45, 7) is 0.310. The van der Waals surface area contributed by atoms with Gasteiger partial charge in [0, 0.05) is 20.1 Å². The molecule has 106 valence electrons. The van der Waals surface area contributed by atoms with Crippen molar-refractivity contribution >= 4 is 16.0 Å². The normalized spacial score (nSPS) is 18.1. The maximum atomic E-state index is 11.7. The third-order valence-corrected chi connectivity index (χ3v) is 4.74. The molecule has 1 N–H and O–H groups in total. The summed E-state index contributed by atoms with van der Waals surface area (Å²) in [4.78, 5) is 10.9. The van der Waals surface area contributed by atoms with Gasteiger partial charge < -0.3 is 9.47 Å². The van der Waals surface area contributed by atoms with E-state index < -0.39 is 16.0 Å². The van der Waals surface area contributed by atoms with Gasteiger partial charge in [-0.25, -0.2) is 13.1 Å². The minimum absolute atomic E-state index is 0.0676.